The van der Waals surface area contributed by atoms with Gasteiger partial charge in [0.1, 0.15) is 0 Å². The number of benzene rings is 1. The van der Waals surface area contributed by atoms with Crippen LogP contribution in [0.3, 0.4) is 0 Å². The third-order valence-electron chi connectivity index (χ3n) is 5.19. The Morgan fingerprint density at radius 3 is 2.61 bits per heavy atom. The van der Waals surface area contributed by atoms with E-state index in [-0.39, 0.29) is 24.5 Å². The van der Waals surface area contributed by atoms with Gasteiger partial charge < -0.3 is 10.2 Å². The smallest absolute Gasteiger partial charge is 0.220 e. The predicted molar refractivity (Wildman–Crippen MR) is 114 cm³/mol. The van der Waals surface area contributed by atoms with E-state index in [1.807, 2.05) is 25.1 Å². The third-order valence-corrected chi connectivity index (χ3v) is 6.24. The maximum absolute atomic E-state index is 12.1. The van der Waals surface area contributed by atoms with E-state index < -0.39 is 0 Å². The molecule has 0 saturated carbocycles. The van der Waals surface area contributed by atoms with Gasteiger partial charge in [0, 0.05) is 56.5 Å². The Morgan fingerprint density at radius 2 is 1.89 bits per heavy atom. The summed E-state index contributed by atoms with van der Waals surface area (Å²) in [6, 6.07) is 14.7. The molecule has 2 aromatic rings. The Morgan fingerprint density at radius 1 is 1.11 bits per heavy atom. The minimum atomic E-state index is -0.0491. The summed E-state index contributed by atoms with van der Waals surface area (Å²) in [5, 5.41) is 2.98. The Bertz CT molecular complexity index is 790. The highest BCUT2D eigenvalue weighted by Crippen LogP contribution is 2.24. The number of Topliss-reactive ketones (excluding diaryl/α,β-unsaturated/α-hetero) is 1. The molecule has 1 amide bonds. The highest BCUT2D eigenvalue weighted by Gasteiger charge is 2.26. The van der Waals surface area contributed by atoms with Crippen LogP contribution < -0.4 is 5.32 Å². The van der Waals surface area contributed by atoms with E-state index in [0.717, 1.165) is 35.9 Å². The van der Waals surface area contributed by atoms with Gasteiger partial charge in [0.2, 0.25) is 5.91 Å². The summed E-state index contributed by atoms with van der Waals surface area (Å²) in [5.41, 5.74) is 1.32. The van der Waals surface area contributed by atoms with Gasteiger partial charge in [-0.1, -0.05) is 30.3 Å². The van der Waals surface area contributed by atoms with Crippen LogP contribution >= 0.6 is 11.3 Å². The van der Waals surface area contributed by atoms with Gasteiger partial charge in [0.15, 0.2) is 5.78 Å². The van der Waals surface area contributed by atoms with Crippen molar-refractivity contribution in [3.63, 3.8) is 0 Å². The number of amides is 1. The lowest BCUT2D eigenvalue weighted by atomic mass is 10.0. The molecule has 1 saturated heterocycles. The molecule has 1 fully saturated rings. The number of hydrogen-bond donors (Lipinski definition) is 1. The summed E-state index contributed by atoms with van der Waals surface area (Å²) in [7, 11) is 2.15. The summed E-state index contributed by atoms with van der Waals surface area (Å²) >= 11 is 1.49. The number of carbonyl (C=O) groups is 2. The number of nitrogens with one attached hydrogen (secondary N) is 1. The van der Waals surface area contributed by atoms with E-state index >= 15 is 0 Å². The van der Waals surface area contributed by atoms with E-state index in [1.54, 1.807) is 0 Å². The first-order chi connectivity index (χ1) is 13.5. The number of piperazine rings is 1. The van der Waals surface area contributed by atoms with Gasteiger partial charge in [-0.3, -0.25) is 14.5 Å². The van der Waals surface area contributed by atoms with Crippen LogP contribution in [0.5, 0.6) is 0 Å². The van der Waals surface area contributed by atoms with Crippen molar-refractivity contribution in [1.29, 1.82) is 0 Å². The summed E-state index contributed by atoms with van der Waals surface area (Å²) in [6.07, 6.45) is 0.521. The van der Waals surface area contributed by atoms with Gasteiger partial charge in [-0.15, -0.1) is 11.3 Å². The van der Waals surface area contributed by atoms with E-state index in [2.05, 4.69) is 46.4 Å². The molecule has 1 aliphatic heterocycles. The van der Waals surface area contributed by atoms with Crippen LogP contribution in [0.1, 0.15) is 39.0 Å². The topological polar surface area (TPSA) is 52.7 Å². The SMILES string of the molecule is Cc1ccc(C(=O)CCC(=O)NCCN2CCN(C)CC2c2ccccc2)s1. The number of carbonyl (C=O) groups excluding carboxylic acids is 2. The Kier molecular flexibility index (Phi) is 7.36. The van der Waals surface area contributed by atoms with E-state index in [1.165, 1.54) is 16.9 Å². The highest BCUT2D eigenvalue weighted by atomic mass is 32.1. The molecule has 5 nitrogen and oxygen atoms in total. The molecule has 0 spiro atoms. The van der Waals surface area contributed by atoms with Crippen LogP contribution in [0.25, 0.3) is 0 Å². The second-order valence-electron chi connectivity index (χ2n) is 7.41. The summed E-state index contributed by atoms with van der Waals surface area (Å²) < 4.78 is 0. The first kappa shape index (κ1) is 20.7. The van der Waals surface area contributed by atoms with Crippen LogP contribution in [0, 0.1) is 6.92 Å². The molecule has 0 aliphatic carbocycles. The van der Waals surface area contributed by atoms with Crippen molar-refractivity contribution in [1.82, 2.24) is 15.1 Å². The van der Waals surface area contributed by atoms with Crippen LogP contribution in [0.15, 0.2) is 42.5 Å². The average molecular weight is 400 g/mol. The van der Waals surface area contributed by atoms with E-state index in [9.17, 15) is 9.59 Å². The van der Waals surface area contributed by atoms with Gasteiger partial charge in [-0.25, -0.2) is 0 Å². The number of rotatable bonds is 8. The van der Waals surface area contributed by atoms with Gasteiger partial charge >= 0.3 is 0 Å². The zero-order chi connectivity index (χ0) is 19.9. The average Bonchev–Trinajstić information content (AvgIpc) is 3.14. The Labute approximate surface area is 171 Å². The summed E-state index contributed by atoms with van der Waals surface area (Å²) in [5.74, 6) is 0.00322. The molecule has 3 rings (SSSR count). The molecule has 0 bridgehead atoms. The monoisotopic (exact) mass is 399 g/mol. The van der Waals surface area contributed by atoms with Crippen molar-refractivity contribution in [3.8, 4) is 0 Å². The highest BCUT2D eigenvalue weighted by molar-refractivity contribution is 7.14. The lowest BCUT2D eigenvalue weighted by molar-refractivity contribution is -0.121. The minimum absolute atomic E-state index is 0.0491. The molecule has 1 N–H and O–H groups in total. The molecular weight excluding hydrogens is 370 g/mol. The van der Waals surface area contributed by atoms with E-state index in [0.29, 0.717) is 12.6 Å². The zero-order valence-corrected chi connectivity index (χ0v) is 17.5. The van der Waals surface area contributed by atoms with Crippen molar-refractivity contribution < 1.29 is 9.59 Å². The fourth-order valence-electron chi connectivity index (χ4n) is 3.58. The van der Waals surface area contributed by atoms with Crippen molar-refractivity contribution in [2.24, 2.45) is 0 Å². The number of nitrogens with zero attached hydrogens (tertiary/aromatic N) is 2. The van der Waals surface area contributed by atoms with Crippen LogP contribution in [-0.4, -0.2) is 61.3 Å². The quantitative estimate of drug-likeness (QED) is 0.693. The normalized spacial score (nSPS) is 18.1. The molecule has 28 heavy (non-hydrogen) atoms. The largest absolute Gasteiger partial charge is 0.355 e. The number of thiophene rings is 1. The number of hydrogen-bond acceptors (Lipinski definition) is 5. The fourth-order valence-corrected chi connectivity index (χ4v) is 4.41. The molecule has 1 unspecified atom stereocenters. The first-order valence-electron chi connectivity index (χ1n) is 9.87. The first-order valence-corrected chi connectivity index (χ1v) is 10.7. The van der Waals surface area contributed by atoms with Crippen molar-refractivity contribution in [2.75, 3.05) is 39.8 Å². The van der Waals surface area contributed by atoms with Gasteiger partial charge in [-0.05, 0) is 31.7 Å². The Balaban J connectivity index is 1.44. The maximum Gasteiger partial charge on any atom is 0.220 e. The molecule has 1 aliphatic rings. The summed E-state index contributed by atoms with van der Waals surface area (Å²) in [4.78, 5) is 30.9. The molecule has 6 heteroatoms. The van der Waals surface area contributed by atoms with Crippen LogP contribution in [0.2, 0.25) is 0 Å². The maximum atomic E-state index is 12.1. The summed E-state index contributed by atoms with van der Waals surface area (Å²) in [6.45, 7) is 6.42. The number of aryl methyl sites for hydroxylation is 1. The standard InChI is InChI=1S/C22H29N3O2S/c1-17-8-10-21(28-17)20(26)9-11-22(27)23-12-13-25-15-14-24(2)16-19(25)18-6-4-3-5-7-18/h3-8,10,19H,9,11-16H2,1-2H3,(H,23,27). The zero-order valence-electron chi connectivity index (χ0n) is 16.7. The van der Waals surface area contributed by atoms with E-state index in [4.69, 9.17) is 0 Å². The molecule has 2 heterocycles. The molecular formula is C22H29N3O2S. The second kappa shape index (κ2) is 9.96. The van der Waals surface area contributed by atoms with Crippen molar-refractivity contribution in [2.45, 2.75) is 25.8 Å². The molecule has 1 aromatic carbocycles. The third kappa shape index (κ3) is 5.74. The Hall–Kier alpha value is -2.02. The predicted octanol–water partition coefficient (Wildman–Crippen LogP) is 3.12. The number of ketones is 1. The van der Waals surface area contributed by atoms with Crippen molar-refractivity contribution >= 4 is 23.0 Å². The second-order valence-corrected chi connectivity index (χ2v) is 8.70. The molecule has 150 valence electrons. The van der Waals surface area contributed by atoms with Crippen LogP contribution in [-0.2, 0) is 4.79 Å². The van der Waals surface area contributed by atoms with Gasteiger partial charge in [-0.2, -0.15) is 0 Å². The number of likely N-dealkylation sites (N-methyl/N-ethyl adjacent to an activating group) is 1. The lowest BCUT2D eigenvalue weighted by Crippen LogP contribution is -2.49. The molecule has 1 aromatic heterocycles. The minimum Gasteiger partial charge on any atom is -0.355 e. The van der Waals surface area contributed by atoms with Gasteiger partial charge in [0.05, 0.1) is 4.88 Å². The molecule has 1 atom stereocenters. The van der Waals surface area contributed by atoms with Crippen molar-refractivity contribution in [3.05, 3.63) is 57.8 Å². The van der Waals surface area contributed by atoms with Crippen LogP contribution in [0.4, 0.5) is 0 Å². The lowest BCUT2D eigenvalue weighted by Gasteiger charge is -2.40. The van der Waals surface area contributed by atoms with Gasteiger partial charge in [0.25, 0.3) is 0 Å². The fraction of sp³-hybridized carbons (Fsp3) is 0.455. The molecule has 0 radical (unpaired) electrons.